The molecule has 1 aromatic heterocycles. The van der Waals surface area contributed by atoms with E-state index in [2.05, 4.69) is 4.72 Å². The summed E-state index contributed by atoms with van der Waals surface area (Å²) in [5.74, 6) is 0. The lowest BCUT2D eigenvalue weighted by molar-refractivity contribution is 0.186. The molecule has 0 aliphatic carbocycles. The SMILES string of the molecule is CC(O)CCNS(=O)(=O)c1ccc(C#N)s1. The van der Waals surface area contributed by atoms with E-state index in [0.717, 1.165) is 11.3 Å². The Morgan fingerprint density at radius 3 is 2.81 bits per heavy atom. The van der Waals surface area contributed by atoms with E-state index in [0.29, 0.717) is 11.3 Å². The number of hydrogen-bond acceptors (Lipinski definition) is 5. The summed E-state index contributed by atoms with van der Waals surface area (Å²) in [7, 11) is -3.54. The summed E-state index contributed by atoms with van der Waals surface area (Å²) in [6, 6.07) is 4.74. The van der Waals surface area contributed by atoms with E-state index in [1.54, 1.807) is 6.92 Å². The number of nitriles is 1. The van der Waals surface area contributed by atoms with Crippen LogP contribution in [0.25, 0.3) is 0 Å². The molecule has 1 heterocycles. The van der Waals surface area contributed by atoms with Gasteiger partial charge in [-0.25, -0.2) is 13.1 Å². The van der Waals surface area contributed by atoms with Gasteiger partial charge in [0.1, 0.15) is 15.2 Å². The summed E-state index contributed by atoms with van der Waals surface area (Å²) in [6.45, 7) is 1.77. The van der Waals surface area contributed by atoms with Gasteiger partial charge in [0, 0.05) is 6.54 Å². The lowest BCUT2D eigenvalue weighted by Gasteiger charge is -2.05. The monoisotopic (exact) mass is 260 g/mol. The number of hydrogen-bond donors (Lipinski definition) is 2. The topological polar surface area (TPSA) is 90.2 Å². The minimum absolute atomic E-state index is 0.120. The molecule has 0 aromatic carbocycles. The van der Waals surface area contributed by atoms with Gasteiger partial charge in [-0.15, -0.1) is 11.3 Å². The van der Waals surface area contributed by atoms with Gasteiger partial charge in [-0.3, -0.25) is 0 Å². The molecule has 5 nitrogen and oxygen atoms in total. The second kappa shape index (κ2) is 5.41. The second-order valence-electron chi connectivity index (χ2n) is 3.27. The molecule has 1 aromatic rings. The Morgan fingerprint density at radius 2 is 2.31 bits per heavy atom. The zero-order valence-corrected chi connectivity index (χ0v) is 10.3. The van der Waals surface area contributed by atoms with Crippen molar-refractivity contribution in [2.75, 3.05) is 6.54 Å². The molecular formula is C9H12N2O3S2. The third-order valence-corrected chi connectivity index (χ3v) is 4.75. The van der Waals surface area contributed by atoms with Crippen molar-refractivity contribution in [3.63, 3.8) is 0 Å². The van der Waals surface area contributed by atoms with Crippen LogP contribution in [0.5, 0.6) is 0 Å². The van der Waals surface area contributed by atoms with E-state index >= 15 is 0 Å². The van der Waals surface area contributed by atoms with Crippen molar-refractivity contribution in [2.24, 2.45) is 0 Å². The molecule has 0 bridgehead atoms. The molecule has 88 valence electrons. The molecule has 0 aliphatic heterocycles. The Kier molecular flexibility index (Phi) is 4.44. The maximum Gasteiger partial charge on any atom is 0.250 e. The van der Waals surface area contributed by atoms with Crippen LogP contribution in [-0.2, 0) is 10.0 Å². The van der Waals surface area contributed by atoms with Gasteiger partial charge in [0.15, 0.2) is 0 Å². The minimum atomic E-state index is -3.54. The molecule has 0 spiro atoms. The van der Waals surface area contributed by atoms with Crippen LogP contribution in [0.15, 0.2) is 16.3 Å². The zero-order valence-electron chi connectivity index (χ0n) is 8.67. The Morgan fingerprint density at radius 1 is 1.62 bits per heavy atom. The van der Waals surface area contributed by atoms with Crippen molar-refractivity contribution in [1.82, 2.24) is 4.72 Å². The molecule has 1 atom stereocenters. The summed E-state index contributed by atoms with van der Waals surface area (Å²) >= 11 is 0.925. The number of nitrogens with zero attached hydrogens (tertiary/aromatic N) is 1. The first kappa shape index (κ1) is 13.1. The van der Waals surface area contributed by atoms with Gasteiger partial charge in [0.2, 0.25) is 10.0 Å². The smallest absolute Gasteiger partial charge is 0.250 e. The van der Waals surface area contributed by atoms with Gasteiger partial charge >= 0.3 is 0 Å². The third-order valence-electron chi connectivity index (χ3n) is 1.81. The predicted octanol–water partition coefficient (Wildman–Crippen LogP) is 0.669. The van der Waals surface area contributed by atoms with Crippen molar-refractivity contribution in [2.45, 2.75) is 23.7 Å². The lowest BCUT2D eigenvalue weighted by Crippen LogP contribution is -2.26. The number of thiophene rings is 1. The highest BCUT2D eigenvalue weighted by molar-refractivity contribution is 7.91. The molecule has 7 heteroatoms. The maximum absolute atomic E-state index is 11.7. The fourth-order valence-corrected chi connectivity index (χ4v) is 3.19. The third kappa shape index (κ3) is 3.57. The van der Waals surface area contributed by atoms with Gasteiger partial charge in [0.25, 0.3) is 0 Å². The van der Waals surface area contributed by atoms with Crippen LogP contribution in [-0.4, -0.2) is 26.2 Å². The van der Waals surface area contributed by atoms with Gasteiger partial charge in [-0.1, -0.05) is 0 Å². The van der Waals surface area contributed by atoms with E-state index in [9.17, 15) is 8.42 Å². The van der Waals surface area contributed by atoms with Crippen molar-refractivity contribution < 1.29 is 13.5 Å². The van der Waals surface area contributed by atoms with Crippen molar-refractivity contribution in [3.05, 3.63) is 17.0 Å². The van der Waals surface area contributed by atoms with Crippen LogP contribution in [0, 0.1) is 11.3 Å². The van der Waals surface area contributed by atoms with Crippen LogP contribution in [0.4, 0.5) is 0 Å². The molecular weight excluding hydrogens is 248 g/mol. The highest BCUT2D eigenvalue weighted by Gasteiger charge is 2.16. The minimum Gasteiger partial charge on any atom is -0.393 e. The summed E-state index contributed by atoms with van der Waals surface area (Å²) < 4.78 is 25.8. The molecule has 0 saturated heterocycles. The molecule has 0 aliphatic rings. The summed E-state index contributed by atoms with van der Waals surface area (Å²) in [5.41, 5.74) is 0. The average Bonchev–Trinajstić information content (AvgIpc) is 2.65. The summed E-state index contributed by atoms with van der Waals surface area (Å²) in [4.78, 5) is 0.357. The number of aliphatic hydroxyl groups is 1. The Bertz CT molecular complexity index is 485. The van der Waals surface area contributed by atoms with Crippen LogP contribution >= 0.6 is 11.3 Å². The fraction of sp³-hybridized carbons (Fsp3) is 0.444. The van der Waals surface area contributed by atoms with Crippen LogP contribution < -0.4 is 4.72 Å². The number of aliphatic hydroxyl groups excluding tert-OH is 1. The molecule has 16 heavy (non-hydrogen) atoms. The van der Waals surface area contributed by atoms with Gasteiger partial charge < -0.3 is 5.11 Å². The quantitative estimate of drug-likeness (QED) is 0.814. The Hall–Kier alpha value is -0.940. The van der Waals surface area contributed by atoms with Crippen molar-refractivity contribution in [3.8, 4) is 6.07 Å². The molecule has 2 N–H and O–H groups in total. The standard InChI is InChI=1S/C9H12N2O3S2/c1-7(12)4-5-11-16(13,14)9-3-2-8(6-10)15-9/h2-3,7,11-12H,4-5H2,1H3. The van der Waals surface area contributed by atoms with E-state index in [-0.39, 0.29) is 10.8 Å². The molecule has 1 rings (SSSR count). The van der Waals surface area contributed by atoms with Crippen LogP contribution in [0.3, 0.4) is 0 Å². The fourth-order valence-electron chi connectivity index (χ4n) is 0.998. The largest absolute Gasteiger partial charge is 0.393 e. The lowest BCUT2D eigenvalue weighted by atomic mass is 10.3. The molecule has 0 radical (unpaired) electrons. The van der Waals surface area contributed by atoms with E-state index in [1.165, 1.54) is 12.1 Å². The Labute approximate surface area is 98.4 Å². The van der Waals surface area contributed by atoms with E-state index < -0.39 is 16.1 Å². The second-order valence-corrected chi connectivity index (χ2v) is 6.34. The first-order valence-corrected chi connectivity index (χ1v) is 6.93. The number of sulfonamides is 1. The molecule has 0 fully saturated rings. The highest BCUT2D eigenvalue weighted by Crippen LogP contribution is 2.20. The first-order valence-electron chi connectivity index (χ1n) is 4.63. The van der Waals surface area contributed by atoms with E-state index in [1.807, 2.05) is 6.07 Å². The van der Waals surface area contributed by atoms with Gasteiger partial charge in [-0.2, -0.15) is 5.26 Å². The number of rotatable bonds is 5. The van der Waals surface area contributed by atoms with Crippen molar-refractivity contribution in [1.29, 1.82) is 5.26 Å². The normalized spacial score (nSPS) is 13.3. The number of nitrogens with one attached hydrogen (secondary N) is 1. The summed E-state index contributed by atoms with van der Waals surface area (Å²) in [6.07, 6.45) is -0.184. The predicted molar refractivity (Wildman–Crippen MR) is 60.5 cm³/mol. The average molecular weight is 260 g/mol. The van der Waals surface area contributed by atoms with Gasteiger partial charge in [0.05, 0.1) is 6.10 Å². The molecule has 1 unspecified atom stereocenters. The molecule has 0 saturated carbocycles. The van der Waals surface area contributed by atoms with E-state index in [4.69, 9.17) is 10.4 Å². The van der Waals surface area contributed by atoms with Crippen LogP contribution in [0.2, 0.25) is 0 Å². The highest BCUT2D eigenvalue weighted by atomic mass is 32.2. The van der Waals surface area contributed by atoms with Crippen molar-refractivity contribution >= 4 is 21.4 Å². The Balaban J connectivity index is 2.68. The van der Waals surface area contributed by atoms with Crippen LogP contribution in [0.1, 0.15) is 18.2 Å². The zero-order chi connectivity index (χ0) is 12.2. The van der Waals surface area contributed by atoms with Gasteiger partial charge in [-0.05, 0) is 25.5 Å². The maximum atomic E-state index is 11.7. The molecule has 0 amide bonds. The summed E-state index contributed by atoms with van der Waals surface area (Å²) in [5, 5.41) is 17.6. The first-order chi connectivity index (χ1) is 7.45.